The number of primary amides is 1. The molecule has 134 heavy (non-hydrogen) atoms. The number of fused-ring (bicyclic) bond motifs is 2. The van der Waals surface area contributed by atoms with Gasteiger partial charge >= 0.3 is 5.97 Å². The van der Waals surface area contributed by atoms with E-state index in [1.165, 1.54) is 62.4 Å². The Morgan fingerprint density at radius 2 is 0.873 bits per heavy atom. The summed E-state index contributed by atoms with van der Waals surface area (Å²) in [6.07, 6.45) is -2.35. The minimum absolute atomic E-state index is 0.00424. The third-order valence-corrected chi connectivity index (χ3v) is 24.1. The van der Waals surface area contributed by atoms with Gasteiger partial charge in [0, 0.05) is 70.5 Å². The molecule has 3 aliphatic rings. The second kappa shape index (κ2) is 56.6. The highest BCUT2D eigenvalue weighted by Gasteiger charge is 2.45. The molecule has 2 aromatic rings. The van der Waals surface area contributed by atoms with Gasteiger partial charge < -0.3 is 149 Å². The van der Waals surface area contributed by atoms with E-state index in [0.717, 1.165) is 38.3 Å². The van der Waals surface area contributed by atoms with Crippen LogP contribution in [0.5, 0.6) is 11.5 Å². The van der Waals surface area contributed by atoms with Crippen molar-refractivity contribution in [1.82, 2.24) is 100 Å². The smallest absolute Gasteiger partial charge is 0.305 e. The number of guanidine groups is 4. The molecule has 51 heteroatoms. The molecule has 49 nitrogen and oxygen atoms in total. The Morgan fingerprint density at radius 3 is 1.31 bits per heavy atom. The molecule has 0 spiro atoms. The molecule has 742 valence electrons. The zero-order valence-corrected chi connectivity index (χ0v) is 77.5. The highest BCUT2D eigenvalue weighted by molar-refractivity contribution is 8.76. The van der Waals surface area contributed by atoms with Crippen LogP contribution in [-0.2, 0) is 94.3 Å². The van der Waals surface area contributed by atoms with Crippen molar-refractivity contribution in [3.8, 4) is 11.5 Å². The quantitative estimate of drug-likeness (QED) is 0.0129. The maximum atomic E-state index is 15.8. The van der Waals surface area contributed by atoms with Gasteiger partial charge in [0.15, 0.2) is 23.8 Å². The molecule has 0 bridgehead atoms. The predicted molar refractivity (Wildman–Crippen MR) is 493 cm³/mol. The van der Waals surface area contributed by atoms with Gasteiger partial charge in [-0.15, -0.1) is 0 Å². The fourth-order valence-electron chi connectivity index (χ4n) is 14.8. The average Bonchev–Trinajstić information content (AvgIpc) is 1.66. The molecule has 0 radical (unpaired) electrons. The molecule has 3 aliphatic heterocycles. The molecule has 0 unspecified atom stereocenters. The molecule has 2 aromatic carbocycles. The van der Waals surface area contributed by atoms with Crippen LogP contribution >= 0.6 is 21.6 Å². The van der Waals surface area contributed by atoms with Crippen LogP contribution in [0.25, 0.3) is 0 Å². The number of hydrogen-bond acceptors (Lipinski definition) is 26. The largest absolute Gasteiger partial charge is 0.508 e. The molecular weight excluding hydrogens is 1790 g/mol. The third kappa shape index (κ3) is 38.5. The topological polar surface area (TPSA) is 808 Å². The second-order valence-corrected chi connectivity index (χ2v) is 35.9. The number of carboxylic acid groups (broad SMARTS) is 1. The Kier molecular flexibility index (Phi) is 47.0. The van der Waals surface area contributed by atoms with Crippen LogP contribution in [0.3, 0.4) is 0 Å². The van der Waals surface area contributed by atoms with E-state index in [0.29, 0.717) is 5.56 Å². The highest BCUT2D eigenvalue weighted by Crippen LogP contribution is 2.28. The zero-order chi connectivity index (χ0) is 99.6. The number of nitrogens with zero attached hydrogens (tertiary/aromatic N) is 2. The van der Waals surface area contributed by atoms with Gasteiger partial charge in [-0.2, -0.15) is 0 Å². The molecule has 5 rings (SSSR count). The summed E-state index contributed by atoms with van der Waals surface area (Å²) in [6.45, 7) is 7.72. The lowest BCUT2D eigenvalue weighted by Gasteiger charge is -2.31. The number of hydrogen-bond donors (Lipinski definition) is 30. The van der Waals surface area contributed by atoms with Gasteiger partial charge in [0.2, 0.25) is 94.5 Å². The Morgan fingerprint density at radius 1 is 0.478 bits per heavy atom. The normalized spacial score (nSPS) is 22.2. The molecule has 3 saturated heterocycles. The van der Waals surface area contributed by atoms with Gasteiger partial charge in [0.25, 0.3) is 0 Å². The lowest BCUT2D eigenvalue weighted by atomic mass is 10.00. The number of carbonyl (C=O) groups is 17. The number of carbonyl (C=O) groups excluding carboxylic acids is 16. The maximum Gasteiger partial charge on any atom is 0.305 e. The Labute approximate surface area is 782 Å². The number of phenolic OH excluding ortho intramolecular Hbond substituents is 2. The highest BCUT2D eigenvalue weighted by atomic mass is 33.1. The van der Waals surface area contributed by atoms with Crippen molar-refractivity contribution >= 4 is 146 Å². The summed E-state index contributed by atoms with van der Waals surface area (Å²) >= 11 is 0. The van der Waals surface area contributed by atoms with Crippen molar-refractivity contribution in [1.29, 1.82) is 21.6 Å². The van der Waals surface area contributed by atoms with Crippen molar-refractivity contribution < 1.29 is 102 Å². The van der Waals surface area contributed by atoms with Gasteiger partial charge in [-0.3, -0.25) is 103 Å². The van der Waals surface area contributed by atoms with Crippen molar-refractivity contribution in [3.63, 3.8) is 0 Å². The fourth-order valence-corrected chi connectivity index (χ4v) is 17.1. The molecule has 3 heterocycles. The predicted octanol–water partition coefficient (Wildman–Crippen LogP) is -6.91. The standard InChI is InChI=1S/C83H132N28O21S2/c1-7-14-50-66(119)106-58(39-112)73(126)103-56(37-46-23-27-48(115)28-24-46)72(125)105-57(38-63(116)117)78(131)110-33-13-20-62(110)76(129)109-64(43(4)5)77(130)107-59(74(127)101-52(17-10-31-95-82(89)90)68(121)98-49(65(84)118)15-8-29-93-80(85)86)40-133-134-41-60(108-69(122)53(18-11-32-96-83(91)92)100-67(120)51(97-44(6)113)16-9-30-94-81(87)88)79(132)111-34-12-19-61(111)75(128)104-54(35-42(2)3)70(123)102-55(71(124)99-50)36-45-21-25-47(114)26-22-45/h21-28,42-43,49-62,64,112,114-115H,7-20,29-41H2,1-6H3,(H2,84,118)(H,97,113)(H,98,121)(H,99,124)(H,100,120)(H,101,127)(H,102,123)(H,103,126)(H,104,128)(H,105,125)(H,106,119)(H,107,130)(H,108,122)(H,109,129)(H,116,117)(H4,85,86,93)(H4,87,88,94)(H4,89,90,95)(H4,91,92,96)/t49-,50-,51-,52-,53-,54-,55-,56-,57-,58-,59-,60-,61-,62-,64-/m0/s1. The van der Waals surface area contributed by atoms with Crippen LogP contribution in [-0.4, -0.2) is 303 Å². The number of amides is 16. The summed E-state index contributed by atoms with van der Waals surface area (Å²) in [7, 11) is 1.59. The Bertz CT molecular complexity index is 4440. The first-order valence-electron chi connectivity index (χ1n) is 44.2. The number of aliphatic hydroxyl groups is 1. The first-order valence-corrected chi connectivity index (χ1v) is 46.7. The van der Waals surface area contributed by atoms with Crippen LogP contribution in [0.2, 0.25) is 0 Å². The van der Waals surface area contributed by atoms with Gasteiger partial charge in [-0.05, 0) is 137 Å². The molecule has 0 saturated carbocycles. The Hall–Kier alpha value is -13.2. The molecule has 0 aliphatic carbocycles. The summed E-state index contributed by atoms with van der Waals surface area (Å²) in [4.78, 5) is 250. The number of benzene rings is 2. The van der Waals surface area contributed by atoms with Crippen LogP contribution in [0, 0.1) is 33.5 Å². The number of aromatic hydroxyl groups is 2. The minimum atomic E-state index is -2.02. The van der Waals surface area contributed by atoms with Crippen LogP contribution in [0.15, 0.2) is 48.5 Å². The molecule has 0 aromatic heterocycles. The minimum Gasteiger partial charge on any atom is -0.508 e. The first kappa shape index (κ1) is 111. The van der Waals surface area contributed by atoms with Crippen LogP contribution in [0.4, 0.5) is 0 Å². The number of aliphatic hydroxyl groups excluding tert-OH is 1. The SMILES string of the molecule is CCC[C@@H]1NC(=O)[C@H](Cc2ccc(O)cc2)NC(=O)[C@H](CC(C)C)NC(=O)[C@@H]2CCCN2C(=O)[C@@H](NC(=O)[C@H](CCCNC(=N)N)NC(=O)[C@H](CCCNC(=N)N)NC(C)=O)CSSC[C@@H](C(=O)N[C@@H](CCCNC(=N)N)C(=O)N[C@@H](CCCNC(=N)N)C(N)=O)NC(=O)[C@H](C(C)C)NC(=O)[C@@H]2CCCN2C(=O)[C@H](CC(=O)O)NC(=O)[C@H](Cc2ccc(O)cc2)NC(=O)[C@H](CO)NC1=O. The van der Waals surface area contributed by atoms with Gasteiger partial charge in [-0.25, -0.2) is 0 Å². The number of nitrogens with two attached hydrogens (primary N) is 5. The van der Waals surface area contributed by atoms with E-state index in [9.17, 15) is 73.2 Å². The second-order valence-electron chi connectivity index (χ2n) is 33.4. The molecule has 3 fully saturated rings. The number of carboxylic acids is 1. The number of phenols is 2. The van der Waals surface area contributed by atoms with E-state index in [-0.39, 0.29) is 165 Å². The summed E-state index contributed by atoms with van der Waals surface area (Å²) in [6, 6.07) is -13.7. The maximum absolute atomic E-state index is 15.8. The number of aliphatic carboxylic acids is 1. The lowest BCUT2D eigenvalue weighted by molar-refractivity contribution is -0.146. The van der Waals surface area contributed by atoms with Gasteiger partial charge in [-0.1, -0.05) is 86.9 Å². The van der Waals surface area contributed by atoms with E-state index in [1.807, 2.05) is 0 Å². The van der Waals surface area contributed by atoms with Crippen LogP contribution in [0.1, 0.15) is 155 Å². The first-order chi connectivity index (χ1) is 63.4. The summed E-state index contributed by atoms with van der Waals surface area (Å²) < 4.78 is 0. The average molecular weight is 1920 g/mol. The van der Waals surface area contributed by atoms with E-state index < -0.39 is 252 Å². The third-order valence-electron chi connectivity index (χ3n) is 21.7. The van der Waals surface area contributed by atoms with Crippen LogP contribution < -0.4 is 119 Å². The molecule has 15 atom stereocenters. The molecule has 16 amide bonds. The van der Waals surface area contributed by atoms with Gasteiger partial charge in [0.05, 0.1) is 13.0 Å². The fraction of sp³-hybridized carbons (Fsp3) is 0.602. The zero-order valence-electron chi connectivity index (χ0n) is 75.9. The van der Waals surface area contributed by atoms with Crippen molar-refractivity contribution in [3.05, 3.63) is 59.7 Å². The van der Waals surface area contributed by atoms with E-state index in [1.54, 1.807) is 20.8 Å². The summed E-state index contributed by atoms with van der Waals surface area (Å²) in [5.41, 5.74) is 28.5. The molecular formula is C83H132N28O21S2. The van der Waals surface area contributed by atoms with E-state index >= 15 is 28.8 Å². The Balaban J connectivity index is 1.75. The monoisotopic (exact) mass is 1920 g/mol. The number of rotatable bonds is 38. The van der Waals surface area contributed by atoms with Crippen molar-refractivity contribution in [2.75, 3.05) is 57.4 Å². The van der Waals surface area contributed by atoms with E-state index in [4.69, 9.17) is 50.3 Å². The van der Waals surface area contributed by atoms with Crippen molar-refractivity contribution in [2.24, 2.45) is 40.5 Å². The van der Waals surface area contributed by atoms with Gasteiger partial charge in [0.1, 0.15) is 102 Å². The summed E-state index contributed by atoms with van der Waals surface area (Å²) in [5.74, 6) is -22.2. The molecule has 35 N–H and O–H groups in total. The van der Waals surface area contributed by atoms with E-state index in [2.05, 4.69) is 90.4 Å². The number of nitrogens with one attached hydrogen (secondary N) is 21. The summed E-state index contributed by atoms with van der Waals surface area (Å²) in [5, 5.41) is 116. The lowest BCUT2D eigenvalue weighted by Crippen LogP contribution is -2.62. The van der Waals surface area contributed by atoms with Crippen molar-refractivity contribution in [2.45, 2.75) is 248 Å².